The van der Waals surface area contributed by atoms with Crippen molar-refractivity contribution in [3.8, 4) is 12.3 Å². The van der Waals surface area contributed by atoms with Crippen LogP contribution in [0.4, 0.5) is 0 Å². The minimum atomic E-state index is -0.866. The third kappa shape index (κ3) is 5.45. The van der Waals surface area contributed by atoms with E-state index in [0.717, 1.165) is 7.48 Å². The Morgan fingerprint density at radius 3 is 2.55 bits per heavy atom. The van der Waals surface area contributed by atoms with Gasteiger partial charge >= 0.3 is 7.48 Å². The minimum Gasteiger partial charge on any atom is -0.450 e. The fourth-order valence-electron chi connectivity index (χ4n) is 1.66. The molecular formula is C14H19BN3O2. The highest BCUT2D eigenvalue weighted by Gasteiger charge is 2.18. The van der Waals surface area contributed by atoms with Crippen molar-refractivity contribution in [1.29, 1.82) is 0 Å². The molecule has 0 heterocycles. The molecule has 0 bridgehead atoms. The van der Waals surface area contributed by atoms with Crippen molar-refractivity contribution in [2.75, 3.05) is 6.54 Å². The maximum Gasteiger partial charge on any atom is 0.326 e. The smallest absolute Gasteiger partial charge is 0.326 e. The molecule has 105 valence electrons. The Hall–Kier alpha value is -1.81. The zero-order chi connectivity index (χ0) is 15.0. The Labute approximate surface area is 120 Å². The lowest BCUT2D eigenvalue weighted by molar-refractivity contribution is 0.0950. The van der Waals surface area contributed by atoms with Gasteiger partial charge in [0.1, 0.15) is 0 Å². The second-order valence-corrected chi connectivity index (χ2v) is 4.69. The van der Waals surface area contributed by atoms with Gasteiger partial charge in [-0.15, -0.1) is 12.3 Å². The maximum atomic E-state index is 11.8. The molecule has 20 heavy (non-hydrogen) atoms. The number of benzene rings is 1. The highest BCUT2D eigenvalue weighted by atomic mass is 16.2. The number of nitrogens with two attached hydrogens (primary N) is 2. The summed E-state index contributed by atoms with van der Waals surface area (Å²) in [6.07, 6.45) is 6.64. The molecular weight excluding hydrogens is 253 g/mol. The molecule has 6 N–H and O–H groups in total. The normalized spacial score (nSPS) is 10.7. The van der Waals surface area contributed by atoms with Crippen LogP contribution in [0.15, 0.2) is 24.3 Å². The largest absolute Gasteiger partial charge is 0.450 e. The molecule has 0 saturated heterocycles. The predicted octanol–water partition coefficient (Wildman–Crippen LogP) is -0.930. The lowest BCUT2D eigenvalue weighted by atomic mass is 9.88. The highest BCUT2D eigenvalue weighted by Crippen LogP contribution is 2.06. The fraction of sp³-hybridized carbons (Fsp3) is 0.357. The zero-order valence-electron chi connectivity index (χ0n) is 11.3. The van der Waals surface area contributed by atoms with Crippen LogP contribution in [0.5, 0.6) is 0 Å². The van der Waals surface area contributed by atoms with Crippen LogP contribution in [-0.2, 0) is 0 Å². The maximum absolute atomic E-state index is 11.8. The van der Waals surface area contributed by atoms with Gasteiger partial charge in [-0.05, 0) is 25.0 Å². The molecule has 0 spiro atoms. The van der Waals surface area contributed by atoms with E-state index in [4.69, 9.17) is 22.9 Å². The van der Waals surface area contributed by atoms with Crippen LogP contribution in [0.2, 0.25) is 0 Å². The van der Waals surface area contributed by atoms with Gasteiger partial charge in [0.05, 0.1) is 5.66 Å². The molecule has 0 fully saturated rings. The van der Waals surface area contributed by atoms with Crippen LogP contribution < -0.4 is 22.2 Å². The van der Waals surface area contributed by atoms with Crippen molar-refractivity contribution < 1.29 is 9.82 Å². The molecule has 0 aliphatic rings. The first kappa shape index (κ1) is 16.2. The third-order valence-electron chi connectivity index (χ3n) is 2.93. The van der Waals surface area contributed by atoms with Gasteiger partial charge < -0.3 is 21.8 Å². The van der Waals surface area contributed by atoms with Gasteiger partial charge in [-0.1, -0.05) is 17.6 Å². The van der Waals surface area contributed by atoms with E-state index in [2.05, 4.69) is 11.2 Å². The van der Waals surface area contributed by atoms with E-state index in [0.29, 0.717) is 36.8 Å². The number of nitrogens with one attached hydrogen (secondary N) is 1. The fourth-order valence-corrected chi connectivity index (χ4v) is 1.66. The van der Waals surface area contributed by atoms with Gasteiger partial charge in [-0.2, -0.15) is 0 Å². The lowest BCUT2D eigenvalue weighted by Gasteiger charge is -2.23. The Balaban J connectivity index is 2.41. The molecule has 0 aliphatic carbocycles. The van der Waals surface area contributed by atoms with Gasteiger partial charge in [0, 0.05) is 18.5 Å². The molecule has 0 aliphatic heterocycles. The van der Waals surface area contributed by atoms with Crippen LogP contribution in [0.3, 0.4) is 0 Å². The van der Waals surface area contributed by atoms with Gasteiger partial charge in [-0.25, -0.2) is 0 Å². The molecule has 0 atom stereocenters. The van der Waals surface area contributed by atoms with E-state index in [1.165, 1.54) is 0 Å². The molecule has 5 nitrogen and oxygen atoms in total. The van der Waals surface area contributed by atoms with Crippen molar-refractivity contribution in [2.24, 2.45) is 11.5 Å². The van der Waals surface area contributed by atoms with Crippen LogP contribution in [-0.4, -0.2) is 30.6 Å². The minimum absolute atomic E-state index is 0.206. The summed E-state index contributed by atoms with van der Waals surface area (Å²) in [7, 11) is 0.977. The summed E-state index contributed by atoms with van der Waals surface area (Å²) in [6, 6.07) is 6.57. The second kappa shape index (κ2) is 7.70. The van der Waals surface area contributed by atoms with Crippen molar-refractivity contribution >= 4 is 18.9 Å². The Morgan fingerprint density at radius 2 is 2.00 bits per heavy atom. The molecule has 1 aromatic carbocycles. The van der Waals surface area contributed by atoms with Gasteiger partial charge in [0.25, 0.3) is 5.91 Å². The monoisotopic (exact) mass is 272 g/mol. The van der Waals surface area contributed by atoms with Gasteiger partial charge in [0.2, 0.25) is 0 Å². The first-order valence-corrected chi connectivity index (χ1v) is 6.35. The molecule has 1 radical (unpaired) electrons. The van der Waals surface area contributed by atoms with E-state index < -0.39 is 5.66 Å². The number of carbonyl (C=O) groups excluding carboxylic acids is 1. The molecule has 0 saturated carbocycles. The molecule has 1 rings (SSSR count). The molecule has 1 aromatic rings. The number of terminal acetylenes is 1. The van der Waals surface area contributed by atoms with E-state index >= 15 is 0 Å². The first-order valence-electron chi connectivity index (χ1n) is 6.35. The summed E-state index contributed by atoms with van der Waals surface area (Å²) in [6.45, 7) is 0.379. The van der Waals surface area contributed by atoms with Gasteiger partial charge in [-0.3, -0.25) is 4.79 Å². The highest BCUT2D eigenvalue weighted by molar-refractivity contribution is 6.45. The van der Waals surface area contributed by atoms with Crippen LogP contribution in [0.1, 0.15) is 29.6 Å². The van der Waals surface area contributed by atoms with E-state index in [1.54, 1.807) is 24.3 Å². The first-order chi connectivity index (χ1) is 9.48. The topological polar surface area (TPSA) is 101 Å². The number of hydrogen-bond acceptors (Lipinski definition) is 4. The predicted molar refractivity (Wildman–Crippen MR) is 80.2 cm³/mol. The van der Waals surface area contributed by atoms with Crippen molar-refractivity contribution in [1.82, 2.24) is 5.32 Å². The van der Waals surface area contributed by atoms with Crippen molar-refractivity contribution in [3.05, 3.63) is 29.8 Å². The third-order valence-corrected chi connectivity index (χ3v) is 2.93. The molecule has 0 unspecified atom stereocenters. The number of amides is 1. The summed E-state index contributed by atoms with van der Waals surface area (Å²) in [5.41, 5.74) is 12.0. The molecule has 6 heteroatoms. The standard InChI is InChI=1S/C14H19BN3O2/c1-2-3-8-14(16,17)9-10-18-13(19)11-4-6-12(15-20)7-5-11/h1,4-7,20H,3,8-10,16-17H2,(H,18,19). The Kier molecular flexibility index (Phi) is 6.26. The van der Waals surface area contributed by atoms with E-state index in [-0.39, 0.29) is 5.91 Å². The van der Waals surface area contributed by atoms with Crippen molar-refractivity contribution in [3.63, 3.8) is 0 Å². The van der Waals surface area contributed by atoms with E-state index in [1.807, 2.05) is 0 Å². The SMILES string of the molecule is C#CCCC(N)(N)CCNC(=O)c1ccc([B]O)cc1. The summed E-state index contributed by atoms with van der Waals surface area (Å²) in [4.78, 5) is 11.8. The average Bonchev–Trinajstić information content (AvgIpc) is 2.45. The molecule has 1 amide bonds. The molecule has 0 aromatic heterocycles. The van der Waals surface area contributed by atoms with Crippen LogP contribution in [0.25, 0.3) is 0 Å². The summed E-state index contributed by atoms with van der Waals surface area (Å²) in [5, 5.41) is 11.5. The average molecular weight is 272 g/mol. The zero-order valence-corrected chi connectivity index (χ0v) is 11.3. The Morgan fingerprint density at radius 1 is 1.35 bits per heavy atom. The van der Waals surface area contributed by atoms with Crippen molar-refractivity contribution in [2.45, 2.75) is 24.9 Å². The number of rotatable bonds is 7. The summed E-state index contributed by atoms with van der Waals surface area (Å²) < 4.78 is 0. The second-order valence-electron chi connectivity index (χ2n) is 4.69. The van der Waals surface area contributed by atoms with E-state index in [9.17, 15) is 4.79 Å². The summed E-state index contributed by atoms with van der Waals surface area (Å²) in [5.74, 6) is 2.28. The van der Waals surface area contributed by atoms with Gasteiger partial charge in [0.15, 0.2) is 0 Å². The Bertz CT molecular complexity index is 480. The van der Waals surface area contributed by atoms with Crippen LogP contribution in [0, 0.1) is 12.3 Å². The number of hydrogen-bond donors (Lipinski definition) is 4. The quantitative estimate of drug-likeness (QED) is 0.292. The van der Waals surface area contributed by atoms with Crippen LogP contribution >= 0.6 is 0 Å². The lowest BCUT2D eigenvalue weighted by Crippen LogP contribution is -2.51. The number of carbonyl (C=O) groups is 1. The summed E-state index contributed by atoms with van der Waals surface area (Å²) >= 11 is 0.